The zero-order valence-electron chi connectivity index (χ0n) is 23.0. The second-order valence-electron chi connectivity index (χ2n) is 10.3. The largest absolute Gasteiger partial charge is 0.508 e. The Morgan fingerprint density at radius 1 is 1.00 bits per heavy atom. The van der Waals surface area contributed by atoms with Crippen LogP contribution in [-0.2, 0) is 20.6 Å². The Labute approximate surface area is 223 Å². The lowest BCUT2D eigenvalue weighted by molar-refractivity contribution is -0.278. The van der Waals surface area contributed by atoms with E-state index in [0.717, 1.165) is 22.6 Å². The highest BCUT2D eigenvalue weighted by molar-refractivity contribution is 5.60. The fraction of sp³-hybridized carbons (Fsp3) is 0.630. The van der Waals surface area contributed by atoms with Crippen LogP contribution in [-0.4, -0.2) is 80.8 Å². The number of carbonyl (C=O) groups excluding carboxylic acids is 1. The van der Waals surface area contributed by atoms with E-state index in [9.17, 15) is 20.1 Å². The predicted octanol–water partition coefficient (Wildman–Crippen LogP) is 2.90. The van der Waals surface area contributed by atoms with Crippen molar-refractivity contribution in [2.75, 3.05) is 6.61 Å². The molecule has 2 heterocycles. The highest BCUT2D eigenvalue weighted by atomic mass is 16.7. The van der Waals surface area contributed by atoms with Gasteiger partial charge in [-0.05, 0) is 66.2 Å². The summed E-state index contributed by atoms with van der Waals surface area (Å²) < 4.78 is 29.2. The van der Waals surface area contributed by atoms with E-state index in [1.54, 1.807) is 13.8 Å². The smallest absolute Gasteiger partial charge is 0.491 e. The molecule has 1 aromatic heterocycles. The van der Waals surface area contributed by atoms with Gasteiger partial charge in [0.25, 0.3) is 0 Å². The molecule has 11 heteroatoms. The topological polar surface area (TPSA) is 142 Å². The van der Waals surface area contributed by atoms with Gasteiger partial charge < -0.3 is 39.0 Å². The average Bonchev–Trinajstić information content (AvgIpc) is 3.14. The molecule has 212 valence electrons. The molecular formula is C27H40N2O9. The first-order chi connectivity index (χ1) is 17.9. The first kappa shape index (κ1) is 29.7. The maximum atomic E-state index is 11.8. The maximum Gasteiger partial charge on any atom is 0.508 e. The van der Waals surface area contributed by atoms with Crippen LogP contribution < -0.4 is 9.47 Å². The fourth-order valence-electron chi connectivity index (χ4n) is 4.13. The summed E-state index contributed by atoms with van der Waals surface area (Å²) in [5, 5.41) is 36.0. The third kappa shape index (κ3) is 7.37. The molecule has 3 rings (SSSR count). The Bertz CT molecular complexity index is 1050. The van der Waals surface area contributed by atoms with E-state index in [2.05, 4.69) is 5.10 Å². The van der Waals surface area contributed by atoms with Crippen LogP contribution in [0.5, 0.6) is 11.6 Å². The Morgan fingerprint density at radius 2 is 1.66 bits per heavy atom. The van der Waals surface area contributed by atoms with Crippen LogP contribution in [0.25, 0.3) is 0 Å². The first-order valence-corrected chi connectivity index (χ1v) is 12.9. The number of aliphatic hydroxyl groups excluding tert-OH is 3. The number of aliphatic hydroxyl groups is 3. The van der Waals surface area contributed by atoms with E-state index in [1.807, 2.05) is 63.6 Å². The van der Waals surface area contributed by atoms with Crippen molar-refractivity contribution in [3.8, 4) is 11.6 Å². The summed E-state index contributed by atoms with van der Waals surface area (Å²) in [5.74, 6) is 0.997. The molecule has 0 aliphatic carbocycles. The normalized spacial score (nSPS) is 23.7. The standard InChI is InChI=1S/C27H40N2O9/c1-14(2)29-17(7)20(12-18-8-10-19(11-9-18)35-15(3)4)25(28-29)38-26-24(32)23(31)22(30)21(37-26)13-34-27(33)36-16(5)6/h8-11,14-16,21-24,26,30-32H,12-13H2,1-7H3/t21-,22-,23+,24-,26?/m1/s1. The second kappa shape index (κ2) is 12.8. The molecule has 1 aromatic carbocycles. The van der Waals surface area contributed by atoms with Gasteiger partial charge in [0.1, 0.15) is 36.8 Å². The van der Waals surface area contributed by atoms with Crippen LogP contribution in [0.3, 0.4) is 0 Å². The van der Waals surface area contributed by atoms with Gasteiger partial charge in [-0.15, -0.1) is 5.10 Å². The summed E-state index contributed by atoms with van der Waals surface area (Å²) in [6.45, 7) is 12.8. The monoisotopic (exact) mass is 536 g/mol. The summed E-state index contributed by atoms with van der Waals surface area (Å²) in [6, 6.07) is 7.76. The number of benzene rings is 1. The van der Waals surface area contributed by atoms with Gasteiger partial charge in [-0.2, -0.15) is 0 Å². The van der Waals surface area contributed by atoms with Crippen LogP contribution in [0.1, 0.15) is 64.4 Å². The Hall–Kier alpha value is -2.86. The summed E-state index contributed by atoms with van der Waals surface area (Å²) in [5.41, 5.74) is 2.65. The Balaban J connectivity index is 1.81. The van der Waals surface area contributed by atoms with Crippen LogP contribution in [0.4, 0.5) is 4.79 Å². The summed E-state index contributed by atoms with van der Waals surface area (Å²) in [6.07, 6.45) is -8.01. The second-order valence-corrected chi connectivity index (χ2v) is 10.3. The third-order valence-electron chi connectivity index (χ3n) is 6.00. The molecule has 38 heavy (non-hydrogen) atoms. The van der Waals surface area contributed by atoms with E-state index >= 15 is 0 Å². The van der Waals surface area contributed by atoms with E-state index in [1.165, 1.54) is 0 Å². The van der Waals surface area contributed by atoms with Gasteiger partial charge in [-0.25, -0.2) is 4.79 Å². The molecule has 0 saturated carbocycles. The van der Waals surface area contributed by atoms with Crippen molar-refractivity contribution in [2.24, 2.45) is 0 Å². The molecule has 3 N–H and O–H groups in total. The molecule has 1 saturated heterocycles. The molecule has 0 amide bonds. The average molecular weight is 537 g/mol. The quantitative estimate of drug-likeness (QED) is 0.388. The number of aromatic nitrogens is 2. The molecule has 1 fully saturated rings. The minimum absolute atomic E-state index is 0.0330. The van der Waals surface area contributed by atoms with Crippen molar-refractivity contribution in [2.45, 2.75) is 104 Å². The number of nitrogens with zero attached hydrogens (tertiary/aromatic N) is 2. The van der Waals surface area contributed by atoms with Gasteiger partial charge in [0.15, 0.2) is 0 Å². The van der Waals surface area contributed by atoms with Crippen LogP contribution in [0.15, 0.2) is 24.3 Å². The Kier molecular flexibility index (Phi) is 10.00. The molecule has 1 aliphatic rings. The van der Waals surface area contributed by atoms with E-state index in [4.69, 9.17) is 23.7 Å². The van der Waals surface area contributed by atoms with Crippen LogP contribution in [0, 0.1) is 6.92 Å². The van der Waals surface area contributed by atoms with Gasteiger partial charge in [0.05, 0.1) is 12.2 Å². The zero-order valence-corrected chi connectivity index (χ0v) is 23.0. The van der Waals surface area contributed by atoms with Gasteiger partial charge in [-0.3, -0.25) is 4.68 Å². The molecule has 0 radical (unpaired) electrons. The number of rotatable bonds is 10. The summed E-state index contributed by atoms with van der Waals surface area (Å²) >= 11 is 0. The molecular weight excluding hydrogens is 496 g/mol. The van der Waals surface area contributed by atoms with Gasteiger partial charge in [0.2, 0.25) is 12.2 Å². The molecule has 0 spiro atoms. The van der Waals surface area contributed by atoms with Crippen molar-refractivity contribution >= 4 is 6.16 Å². The van der Waals surface area contributed by atoms with Crippen LogP contribution >= 0.6 is 0 Å². The molecule has 1 unspecified atom stereocenters. The minimum atomic E-state index is -1.60. The van der Waals surface area contributed by atoms with Gasteiger partial charge in [-0.1, -0.05) is 12.1 Å². The number of hydrogen-bond acceptors (Lipinski definition) is 10. The maximum absolute atomic E-state index is 11.8. The van der Waals surface area contributed by atoms with E-state index < -0.39 is 43.5 Å². The minimum Gasteiger partial charge on any atom is -0.491 e. The number of hydrogen-bond donors (Lipinski definition) is 3. The highest BCUT2D eigenvalue weighted by Crippen LogP contribution is 2.31. The van der Waals surface area contributed by atoms with Gasteiger partial charge in [0, 0.05) is 23.7 Å². The number of ether oxygens (including phenoxy) is 5. The van der Waals surface area contributed by atoms with E-state index in [0.29, 0.717) is 6.42 Å². The summed E-state index contributed by atoms with van der Waals surface area (Å²) in [4.78, 5) is 11.8. The van der Waals surface area contributed by atoms with Crippen molar-refractivity contribution in [1.82, 2.24) is 9.78 Å². The van der Waals surface area contributed by atoms with Gasteiger partial charge >= 0.3 is 6.16 Å². The molecule has 0 bridgehead atoms. The molecule has 2 aromatic rings. The lowest BCUT2D eigenvalue weighted by atomic mass is 9.99. The lowest BCUT2D eigenvalue weighted by Gasteiger charge is -2.39. The SMILES string of the molecule is Cc1c(Cc2ccc(OC(C)C)cc2)c(OC2O[C@H](COC(=O)OC(C)C)[C@@H](O)[C@H](O)[C@H]2O)nn1C(C)C. The zero-order chi connectivity index (χ0) is 28.1. The number of carbonyl (C=O) groups is 1. The fourth-order valence-corrected chi connectivity index (χ4v) is 4.13. The van der Waals surface area contributed by atoms with Crippen molar-refractivity contribution < 1.29 is 43.8 Å². The predicted molar refractivity (Wildman–Crippen MR) is 137 cm³/mol. The Morgan fingerprint density at radius 3 is 2.24 bits per heavy atom. The first-order valence-electron chi connectivity index (χ1n) is 12.9. The van der Waals surface area contributed by atoms with Crippen molar-refractivity contribution in [1.29, 1.82) is 0 Å². The molecule has 11 nitrogen and oxygen atoms in total. The third-order valence-corrected chi connectivity index (χ3v) is 6.00. The molecule has 1 aliphatic heterocycles. The van der Waals surface area contributed by atoms with Crippen molar-refractivity contribution in [3.05, 3.63) is 41.1 Å². The van der Waals surface area contributed by atoms with E-state index in [-0.39, 0.29) is 24.1 Å². The molecule has 5 atom stereocenters. The lowest BCUT2D eigenvalue weighted by Crippen LogP contribution is -2.60. The summed E-state index contributed by atoms with van der Waals surface area (Å²) in [7, 11) is 0. The van der Waals surface area contributed by atoms with Crippen molar-refractivity contribution in [3.63, 3.8) is 0 Å². The highest BCUT2D eigenvalue weighted by Gasteiger charge is 2.46. The van der Waals surface area contributed by atoms with Crippen LogP contribution in [0.2, 0.25) is 0 Å².